The molecule has 2 aromatic rings. The summed E-state index contributed by atoms with van der Waals surface area (Å²) in [7, 11) is -3.61. The van der Waals surface area contributed by atoms with Crippen LogP contribution in [0.1, 0.15) is 32.3 Å². The zero-order chi connectivity index (χ0) is 26.3. The van der Waals surface area contributed by atoms with Crippen LogP contribution in [0.4, 0.5) is 5.69 Å². The fourth-order valence-corrected chi connectivity index (χ4v) is 5.33. The van der Waals surface area contributed by atoms with Crippen LogP contribution in [0, 0.1) is 0 Å². The number of amides is 2. The number of halogens is 1. The third kappa shape index (κ3) is 7.36. The van der Waals surface area contributed by atoms with Gasteiger partial charge in [0.2, 0.25) is 21.8 Å². The van der Waals surface area contributed by atoms with Gasteiger partial charge < -0.3 is 19.7 Å². The van der Waals surface area contributed by atoms with E-state index >= 15 is 0 Å². The molecule has 0 fully saturated rings. The molecule has 11 heteroatoms. The molecule has 0 radical (unpaired) electrons. The Bertz CT molecular complexity index is 1190. The fourth-order valence-electron chi connectivity index (χ4n) is 3.93. The topological polar surface area (TPSA) is 105 Å². The average molecular weight is 583 g/mol. The summed E-state index contributed by atoms with van der Waals surface area (Å²) in [6, 6.07) is 11.8. The molecular formula is C25H32BrN3O6S. The van der Waals surface area contributed by atoms with Crippen LogP contribution in [-0.4, -0.2) is 63.7 Å². The van der Waals surface area contributed by atoms with Crippen LogP contribution < -0.4 is 19.1 Å². The normalized spacial score (nSPS) is 13.6. The van der Waals surface area contributed by atoms with E-state index in [2.05, 4.69) is 21.2 Å². The highest BCUT2D eigenvalue weighted by molar-refractivity contribution is 9.10. The smallest absolute Gasteiger partial charge is 0.242 e. The van der Waals surface area contributed by atoms with Gasteiger partial charge in [0, 0.05) is 36.6 Å². The number of nitrogens with one attached hydrogen (secondary N) is 1. The highest BCUT2D eigenvalue weighted by Crippen LogP contribution is 2.34. The van der Waals surface area contributed by atoms with Crippen LogP contribution in [0.3, 0.4) is 0 Å². The molecule has 9 nitrogen and oxygen atoms in total. The van der Waals surface area contributed by atoms with Crippen LogP contribution in [-0.2, 0) is 26.2 Å². The van der Waals surface area contributed by atoms with Gasteiger partial charge in [0.05, 0.1) is 11.9 Å². The van der Waals surface area contributed by atoms with Crippen molar-refractivity contribution in [2.45, 2.75) is 39.3 Å². The van der Waals surface area contributed by atoms with Crippen LogP contribution in [0.15, 0.2) is 46.9 Å². The zero-order valence-corrected chi connectivity index (χ0v) is 23.1. The van der Waals surface area contributed by atoms with Gasteiger partial charge in [-0.1, -0.05) is 28.1 Å². The van der Waals surface area contributed by atoms with E-state index in [9.17, 15) is 18.0 Å². The fraction of sp³-hybridized carbons (Fsp3) is 0.440. The summed E-state index contributed by atoms with van der Waals surface area (Å²) in [5, 5.41) is 2.77. The molecule has 1 N–H and O–H groups in total. The first kappa shape index (κ1) is 27.8. The molecule has 0 aliphatic carbocycles. The molecule has 2 amide bonds. The number of ether oxygens (including phenoxy) is 2. The third-order valence-electron chi connectivity index (χ3n) is 5.73. The van der Waals surface area contributed by atoms with Crippen molar-refractivity contribution in [3.05, 3.63) is 52.5 Å². The number of hydrogen-bond donors (Lipinski definition) is 1. The molecule has 196 valence electrons. The van der Waals surface area contributed by atoms with Crippen molar-refractivity contribution >= 4 is 43.5 Å². The lowest BCUT2D eigenvalue weighted by atomic mass is 10.1. The Kier molecular flexibility index (Phi) is 9.61. The van der Waals surface area contributed by atoms with Crippen molar-refractivity contribution in [1.29, 1.82) is 0 Å². The number of anilines is 1. The monoisotopic (exact) mass is 581 g/mol. The molecule has 1 aliphatic rings. The minimum absolute atomic E-state index is 0.0777. The van der Waals surface area contributed by atoms with Gasteiger partial charge in [-0.05, 0) is 50.1 Å². The quantitative estimate of drug-likeness (QED) is 0.436. The van der Waals surface area contributed by atoms with E-state index in [1.807, 2.05) is 31.2 Å². The van der Waals surface area contributed by atoms with E-state index < -0.39 is 16.1 Å². The van der Waals surface area contributed by atoms with Crippen molar-refractivity contribution in [3.8, 4) is 11.5 Å². The summed E-state index contributed by atoms with van der Waals surface area (Å²) in [6.45, 7) is 5.17. The van der Waals surface area contributed by atoms with Crippen molar-refractivity contribution in [2.75, 3.05) is 36.9 Å². The Morgan fingerprint density at radius 3 is 2.50 bits per heavy atom. The van der Waals surface area contributed by atoms with Crippen LogP contribution >= 0.6 is 15.9 Å². The second-order valence-corrected chi connectivity index (χ2v) is 11.3. The predicted molar refractivity (Wildman–Crippen MR) is 142 cm³/mol. The molecule has 0 unspecified atom stereocenters. The summed E-state index contributed by atoms with van der Waals surface area (Å²) in [5.74, 6) is 0.579. The zero-order valence-electron chi connectivity index (χ0n) is 20.7. The van der Waals surface area contributed by atoms with Gasteiger partial charge in [-0.3, -0.25) is 13.9 Å². The highest BCUT2D eigenvalue weighted by atomic mass is 79.9. The maximum atomic E-state index is 13.3. The Balaban J connectivity index is 1.73. The molecule has 3 rings (SSSR count). The van der Waals surface area contributed by atoms with E-state index in [0.29, 0.717) is 36.9 Å². The number of sulfonamides is 1. The summed E-state index contributed by atoms with van der Waals surface area (Å²) < 4.78 is 38.3. The Labute approximate surface area is 220 Å². The number of fused-ring (bicyclic) bond motifs is 1. The molecule has 0 aromatic heterocycles. The average Bonchev–Trinajstić information content (AvgIpc) is 2.83. The first-order valence-electron chi connectivity index (χ1n) is 11.8. The van der Waals surface area contributed by atoms with E-state index in [4.69, 9.17) is 9.47 Å². The third-order valence-corrected chi connectivity index (χ3v) is 7.41. The standard InChI is InChI=1S/C25H32BrN3O6S/c1-4-27-25(31)18(2)28(17-19-7-5-8-20(26)15-19)24(30)9-6-12-29(36(3,32)33)21-10-11-22-23(16-21)35-14-13-34-22/h5,7-8,10-11,15-16,18H,4,6,9,12-14,17H2,1-3H3,(H,27,31)/t18-/m0/s1. The Morgan fingerprint density at radius 1 is 1.11 bits per heavy atom. The van der Waals surface area contributed by atoms with Crippen molar-refractivity contribution < 1.29 is 27.5 Å². The molecular weight excluding hydrogens is 550 g/mol. The molecule has 2 aromatic carbocycles. The summed E-state index contributed by atoms with van der Waals surface area (Å²) in [5.41, 5.74) is 1.32. The van der Waals surface area contributed by atoms with Crippen LogP contribution in [0.2, 0.25) is 0 Å². The number of rotatable bonds is 11. The maximum Gasteiger partial charge on any atom is 0.242 e. The minimum atomic E-state index is -3.61. The Hall–Kier alpha value is -2.79. The number of hydrogen-bond acceptors (Lipinski definition) is 6. The van der Waals surface area contributed by atoms with Crippen molar-refractivity contribution in [2.24, 2.45) is 0 Å². The predicted octanol–water partition coefficient (Wildman–Crippen LogP) is 3.32. The first-order chi connectivity index (χ1) is 17.1. The van der Waals surface area contributed by atoms with Gasteiger partial charge in [-0.2, -0.15) is 0 Å². The molecule has 0 saturated carbocycles. The summed E-state index contributed by atoms with van der Waals surface area (Å²) >= 11 is 3.44. The second-order valence-electron chi connectivity index (χ2n) is 8.49. The van der Waals surface area contributed by atoms with Crippen LogP contribution in [0.25, 0.3) is 0 Å². The molecule has 1 heterocycles. The highest BCUT2D eigenvalue weighted by Gasteiger charge is 2.27. The van der Waals surface area contributed by atoms with Gasteiger partial charge in [0.25, 0.3) is 0 Å². The molecule has 0 spiro atoms. The molecule has 0 saturated heterocycles. The van der Waals surface area contributed by atoms with E-state index in [-0.39, 0.29) is 37.7 Å². The SMILES string of the molecule is CCNC(=O)[C@H](C)N(Cc1cccc(Br)c1)C(=O)CCCN(c1ccc2c(c1)OCCO2)S(C)(=O)=O. The van der Waals surface area contributed by atoms with E-state index in [1.54, 1.807) is 25.1 Å². The number of likely N-dealkylation sites (N-methyl/N-ethyl adjacent to an activating group) is 1. The lowest BCUT2D eigenvalue weighted by Gasteiger charge is -2.29. The summed E-state index contributed by atoms with van der Waals surface area (Å²) in [6.07, 6.45) is 1.48. The number of carbonyl (C=O) groups excluding carboxylic acids is 2. The maximum absolute atomic E-state index is 13.3. The number of nitrogens with zero attached hydrogens (tertiary/aromatic N) is 2. The number of carbonyl (C=O) groups is 2. The molecule has 36 heavy (non-hydrogen) atoms. The molecule has 0 bridgehead atoms. The van der Waals surface area contributed by atoms with Crippen LogP contribution in [0.5, 0.6) is 11.5 Å². The lowest BCUT2D eigenvalue weighted by molar-refractivity contribution is -0.140. The molecule has 1 atom stereocenters. The van der Waals surface area contributed by atoms with E-state index in [0.717, 1.165) is 16.3 Å². The number of benzene rings is 2. The molecule has 1 aliphatic heterocycles. The van der Waals surface area contributed by atoms with Crippen molar-refractivity contribution in [1.82, 2.24) is 10.2 Å². The van der Waals surface area contributed by atoms with Gasteiger partial charge in [-0.25, -0.2) is 8.42 Å². The minimum Gasteiger partial charge on any atom is -0.486 e. The summed E-state index contributed by atoms with van der Waals surface area (Å²) in [4.78, 5) is 27.3. The van der Waals surface area contributed by atoms with Gasteiger partial charge in [0.1, 0.15) is 19.3 Å². The largest absolute Gasteiger partial charge is 0.486 e. The van der Waals surface area contributed by atoms with Gasteiger partial charge >= 0.3 is 0 Å². The van der Waals surface area contributed by atoms with Crippen molar-refractivity contribution in [3.63, 3.8) is 0 Å². The first-order valence-corrected chi connectivity index (χ1v) is 14.4. The second kappa shape index (κ2) is 12.4. The lowest BCUT2D eigenvalue weighted by Crippen LogP contribution is -2.47. The van der Waals surface area contributed by atoms with E-state index in [1.165, 1.54) is 9.21 Å². The Morgan fingerprint density at radius 2 is 1.83 bits per heavy atom. The van der Waals surface area contributed by atoms with Gasteiger partial charge in [-0.15, -0.1) is 0 Å². The van der Waals surface area contributed by atoms with Gasteiger partial charge in [0.15, 0.2) is 11.5 Å².